The van der Waals surface area contributed by atoms with Crippen molar-refractivity contribution in [1.82, 2.24) is 4.90 Å². The van der Waals surface area contributed by atoms with Crippen molar-refractivity contribution in [3.8, 4) is 0 Å². The highest BCUT2D eigenvalue weighted by Gasteiger charge is 2.53. The van der Waals surface area contributed by atoms with Gasteiger partial charge in [-0.2, -0.15) is 0 Å². The predicted molar refractivity (Wildman–Crippen MR) is 118 cm³/mol. The lowest BCUT2D eigenvalue weighted by atomic mass is 9.73. The quantitative estimate of drug-likeness (QED) is 0.455. The van der Waals surface area contributed by atoms with Gasteiger partial charge in [-0.3, -0.25) is 14.5 Å². The molecule has 2 amide bonds. The molecule has 0 saturated carbocycles. The van der Waals surface area contributed by atoms with E-state index < -0.39 is 5.41 Å². The van der Waals surface area contributed by atoms with Crippen LogP contribution in [0, 0.1) is 0 Å². The van der Waals surface area contributed by atoms with E-state index in [-0.39, 0.29) is 24.8 Å². The van der Waals surface area contributed by atoms with Gasteiger partial charge in [0.05, 0.1) is 6.54 Å². The van der Waals surface area contributed by atoms with Gasteiger partial charge in [0.1, 0.15) is 5.41 Å². The van der Waals surface area contributed by atoms with E-state index in [4.69, 9.17) is 0 Å². The molecule has 5 rings (SSSR count). The van der Waals surface area contributed by atoms with Gasteiger partial charge in [-0.1, -0.05) is 103 Å². The summed E-state index contributed by atoms with van der Waals surface area (Å²) in [6.07, 6.45) is 0.143. The molecule has 1 heterocycles. The van der Waals surface area contributed by atoms with Crippen molar-refractivity contribution in [3.05, 3.63) is 120 Å². The Morgan fingerprint density at radius 1 is 0.667 bits per heavy atom. The fourth-order valence-corrected chi connectivity index (χ4v) is 4.57. The van der Waals surface area contributed by atoms with E-state index in [9.17, 15) is 9.59 Å². The number of fused-ring (bicyclic) bond motifs is 1. The maximum absolute atomic E-state index is 13.9. The molecule has 0 atom stereocenters. The molecule has 0 spiro atoms. The van der Waals surface area contributed by atoms with Crippen LogP contribution in [-0.2, 0) is 21.5 Å². The summed E-state index contributed by atoms with van der Waals surface area (Å²) in [4.78, 5) is 28.5. The summed E-state index contributed by atoms with van der Waals surface area (Å²) in [6.45, 7) is 0.278. The Morgan fingerprint density at radius 3 is 1.90 bits per heavy atom. The second-order valence-corrected chi connectivity index (χ2v) is 7.74. The molecular weight excluding hydrogens is 370 g/mol. The SMILES string of the molecule is O=C1CC(c2ccccc2)(c2ccccc2)C(=O)N1Cc1cccc2ccccc12. The minimum absolute atomic E-state index is 0.138. The van der Waals surface area contributed by atoms with Crippen molar-refractivity contribution in [2.75, 3.05) is 0 Å². The first kappa shape index (κ1) is 18.3. The molecule has 3 nitrogen and oxygen atoms in total. The van der Waals surface area contributed by atoms with Crippen LogP contribution in [0.15, 0.2) is 103 Å². The molecule has 1 fully saturated rings. The van der Waals surface area contributed by atoms with Gasteiger partial charge in [0.2, 0.25) is 11.8 Å². The number of hydrogen-bond acceptors (Lipinski definition) is 2. The van der Waals surface area contributed by atoms with Crippen LogP contribution in [0.25, 0.3) is 10.8 Å². The monoisotopic (exact) mass is 391 g/mol. The highest BCUT2D eigenvalue weighted by molar-refractivity contribution is 6.11. The van der Waals surface area contributed by atoms with Crippen LogP contribution in [0.2, 0.25) is 0 Å². The Bertz CT molecular complexity index is 1190. The summed E-state index contributed by atoms with van der Waals surface area (Å²) < 4.78 is 0. The Labute approximate surface area is 175 Å². The van der Waals surface area contributed by atoms with E-state index in [0.29, 0.717) is 0 Å². The molecule has 0 radical (unpaired) electrons. The molecule has 3 heteroatoms. The zero-order valence-corrected chi connectivity index (χ0v) is 16.5. The largest absolute Gasteiger partial charge is 0.277 e. The second-order valence-electron chi connectivity index (χ2n) is 7.74. The third kappa shape index (κ3) is 2.82. The first-order valence-corrected chi connectivity index (χ1v) is 10.1. The van der Waals surface area contributed by atoms with Crippen molar-refractivity contribution >= 4 is 22.6 Å². The Balaban J connectivity index is 1.61. The molecule has 4 aromatic carbocycles. The van der Waals surface area contributed by atoms with E-state index in [1.165, 1.54) is 4.90 Å². The number of carbonyl (C=O) groups excluding carboxylic acids is 2. The third-order valence-electron chi connectivity index (χ3n) is 6.07. The Kier molecular flexibility index (Phi) is 4.44. The van der Waals surface area contributed by atoms with Crippen molar-refractivity contribution in [2.45, 2.75) is 18.4 Å². The molecule has 1 saturated heterocycles. The summed E-state index contributed by atoms with van der Waals surface area (Å²) in [7, 11) is 0. The zero-order valence-electron chi connectivity index (χ0n) is 16.5. The Hall–Kier alpha value is -3.72. The lowest BCUT2D eigenvalue weighted by Gasteiger charge is -2.28. The molecule has 0 aliphatic carbocycles. The maximum atomic E-state index is 13.9. The normalized spacial score (nSPS) is 15.7. The number of carbonyl (C=O) groups is 2. The summed E-state index contributed by atoms with van der Waals surface area (Å²) >= 11 is 0. The topological polar surface area (TPSA) is 37.4 Å². The lowest BCUT2D eigenvalue weighted by molar-refractivity contribution is -0.140. The predicted octanol–water partition coefficient (Wildman–Crippen LogP) is 5.09. The van der Waals surface area contributed by atoms with Gasteiger partial charge >= 0.3 is 0 Å². The molecule has 1 aliphatic rings. The fraction of sp³-hybridized carbons (Fsp3) is 0.111. The zero-order chi connectivity index (χ0) is 20.6. The molecule has 0 N–H and O–H groups in total. The molecule has 1 aliphatic heterocycles. The van der Waals surface area contributed by atoms with E-state index in [1.54, 1.807) is 0 Å². The standard InChI is InChI=1S/C27H21NO2/c29-25-18-27(22-13-3-1-4-14-22,23-15-5-2-6-16-23)26(30)28(25)19-21-12-9-11-20-10-7-8-17-24(20)21/h1-17H,18-19H2. The number of amides is 2. The summed E-state index contributed by atoms with van der Waals surface area (Å²) in [5, 5.41) is 2.17. The average Bonchev–Trinajstić information content (AvgIpc) is 3.06. The number of hydrogen-bond donors (Lipinski definition) is 0. The van der Waals surface area contributed by atoms with Crippen LogP contribution in [0.3, 0.4) is 0 Å². The molecule has 4 aromatic rings. The fourth-order valence-electron chi connectivity index (χ4n) is 4.57. The van der Waals surface area contributed by atoms with E-state index >= 15 is 0 Å². The smallest absolute Gasteiger partial charge is 0.245 e. The van der Waals surface area contributed by atoms with Crippen LogP contribution in [0.1, 0.15) is 23.1 Å². The van der Waals surface area contributed by atoms with Gasteiger partial charge in [0.15, 0.2) is 0 Å². The van der Waals surface area contributed by atoms with E-state index in [0.717, 1.165) is 27.5 Å². The molecular formula is C27H21NO2. The second kappa shape index (κ2) is 7.27. The molecule has 0 unspecified atom stereocenters. The van der Waals surface area contributed by atoms with Crippen molar-refractivity contribution in [2.24, 2.45) is 0 Å². The van der Waals surface area contributed by atoms with Gasteiger partial charge in [-0.25, -0.2) is 0 Å². The number of nitrogens with zero attached hydrogens (tertiary/aromatic N) is 1. The van der Waals surface area contributed by atoms with Gasteiger partial charge in [0.25, 0.3) is 0 Å². The van der Waals surface area contributed by atoms with Gasteiger partial charge in [-0.15, -0.1) is 0 Å². The molecule has 0 bridgehead atoms. The average molecular weight is 391 g/mol. The van der Waals surface area contributed by atoms with Gasteiger partial charge in [-0.05, 0) is 27.5 Å². The van der Waals surface area contributed by atoms with Crippen LogP contribution in [0.5, 0.6) is 0 Å². The van der Waals surface area contributed by atoms with Crippen molar-refractivity contribution in [1.29, 1.82) is 0 Å². The number of rotatable bonds is 4. The highest BCUT2D eigenvalue weighted by atomic mass is 16.2. The number of imide groups is 1. The third-order valence-corrected chi connectivity index (χ3v) is 6.07. The summed E-state index contributed by atoms with van der Waals surface area (Å²) in [6, 6.07) is 33.4. The maximum Gasteiger partial charge on any atom is 0.245 e. The minimum atomic E-state index is -0.982. The number of likely N-dealkylation sites (tertiary alicyclic amines) is 1. The summed E-state index contributed by atoms with van der Waals surface area (Å²) in [5.41, 5.74) is 1.71. The minimum Gasteiger partial charge on any atom is -0.277 e. The van der Waals surface area contributed by atoms with E-state index in [1.807, 2.05) is 103 Å². The lowest BCUT2D eigenvalue weighted by Crippen LogP contribution is -2.39. The first-order valence-electron chi connectivity index (χ1n) is 10.1. The van der Waals surface area contributed by atoms with E-state index in [2.05, 4.69) is 0 Å². The van der Waals surface area contributed by atoms with Gasteiger partial charge in [0, 0.05) is 6.42 Å². The van der Waals surface area contributed by atoms with Crippen molar-refractivity contribution < 1.29 is 9.59 Å². The van der Waals surface area contributed by atoms with Crippen LogP contribution in [-0.4, -0.2) is 16.7 Å². The number of benzene rings is 4. The molecule has 146 valence electrons. The first-order chi connectivity index (χ1) is 14.7. The molecule has 0 aromatic heterocycles. The van der Waals surface area contributed by atoms with Gasteiger partial charge < -0.3 is 0 Å². The highest BCUT2D eigenvalue weighted by Crippen LogP contribution is 2.43. The Morgan fingerprint density at radius 2 is 1.23 bits per heavy atom. The van der Waals surface area contributed by atoms with Crippen molar-refractivity contribution in [3.63, 3.8) is 0 Å². The van der Waals surface area contributed by atoms with Crippen LogP contribution in [0.4, 0.5) is 0 Å². The van der Waals surface area contributed by atoms with Crippen LogP contribution < -0.4 is 0 Å². The molecule has 30 heavy (non-hydrogen) atoms. The van der Waals surface area contributed by atoms with Crippen LogP contribution >= 0.6 is 0 Å². The summed E-state index contributed by atoms with van der Waals surface area (Å²) in [5.74, 6) is -0.293.